The number of sulfonamides is 1. The van der Waals surface area contributed by atoms with Gasteiger partial charge < -0.3 is 14.4 Å². The van der Waals surface area contributed by atoms with Gasteiger partial charge in [-0.25, -0.2) is 13.4 Å². The molecule has 0 aliphatic carbocycles. The monoisotopic (exact) mass is 476 g/mol. The zero-order valence-electron chi connectivity index (χ0n) is 18.7. The van der Waals surface area contributed by atoms with E-state index in [-0.39, 0.29) is 4.90 Å². The van der Waals surface area contributed by atoms with Crippen LogP contribution in [0.2, 0.25) is 0 Å². The lowest BCUT2D eigenvalue weighted by molar-refractivity contribution is 0.410. The third kappa shape index (κ3) is 5.56. The normalized spacial score (nSPS) is 11.5. The minimum Gasteiger partial charge on any atom is -0.497 e. The van der Waals surface area contributed by atoms with Crippen LogP contribution >= 0.6 is 11.5 Å². The van der Waals surface area contributed by atoms with Crippen molar-refractivity contribution in [2.45, 2.75) is 18.2 Å². The van der Waals surface area contributed by atoms with Crippen LogP contribution in [0.1, 0.15) is 18.3 Å². The Labute approximate surface area is 193 Å². The van der Waals surface area contributed by atoms with E-state index in [1.165, 1.54) is 15.8 Å². The second kappa shape index (κ2) is 10.8. The highest BCUT2D eigenvalue weighted by Gasteiger charge is 2.22. The molecular weight excluding hydrogens is 448 g/mol. The smallest absolute Gasteiger partial charge is 0.242 e. The SMILES string of the molecule is CCN(CCN(C)S(=O)(=O)c1ccc(OC)cc1)c1nc(Cc2ccccc2OC)ns1. The zero-order valence-corrected chi connectivity index (χ0v) is 20.3. The Morgan fingerprint density at radius 1 is 1.00 bits per heavy atom. The van der Waals surface area contributed by atoms with E-state index in [0.717, 1.165) is 16.4 Å². The maximum atomic E-state index is 12.9. The van der Waals surface area contributed by atoms with Gasteiger partial charge in [-0.1, -0.05) is 18.2 Å². The predicted molar refractivity (Wildman–Crippen MR) is 126 cm³/mol. The Morgan fingerprint density at radius 3 is 2.38 bits per heavy atom. The summed E-state index contributed by atoms with van der Waals surface area (Å²) < 4.78 is 42.1. The van der Waals surface area contributed by atoms with Crippen LogP contribution in [-0.2, 0) is 16.4 Å². The molecule has 0 aliphatic rings. The van der Waals surface area contributed by atoms with E-state index >= 15 is 0 Å². The molecule has 0 amide bonds. The van der Waals surface area contributed by atoms with E-state index in [2.05, 4.69) is 9.36 Å². The Balaban J connectivity index is 1.65. The van der Waals surface area contributed by atoms with Gasteiger partial charge in [-0.3, -0.25) is 0 Å². The summed E-state index contributed by atoms with van der Waals surface area (Å²) in [5, 5.41) is 0.771. The molecule has 0 saturated carbocycles. The molecule has 3 rings (SSSR count). The lowest BCUT2D eigenvalue weighted by Crippen LogP contribution is -2.36. The van der Waals surface area contributed by atoms with Crippen molar-refractivity contribution in [1.82, 2.24) is 13.7 Å². The van der Waals surface area contributed by atoms with Gasteiger partial charge in [0.25, 0.3) is 0 Å². The number of benzene rings is 2. The highest BCUT2D eigenvalue weighted by atomic mass is 32.2. The maximum Gasteiger partial charge on any atom is 0.242 e. The quantitative estimate of drug-likeness (QED) is 0.420. The lowest BCUT2D eigenvalue weighted by Gasteiger charge is -2.23. The number of aromatic nitrogens is 2. The maximum absolute atomic E-state index is 12.9. The summed E-state index contributed by atoms with van der Waals surface area (Å²) in [6, 6.07) is 14.2. The number of likely N-dealkylation sites (N-methyl/N-ethyl adjacent to an activating group) is 2. The summed E-state index contributed by atoms with van der Waals surface area (Å²) in [4.78, 5) is 6.93. The van der Waals surface area contributed by atoms with Gasteiger partial charge in [0.1, 0.15) is 17.3 Å². The molecular formula is C22H28N4O4S2. The third-order valence-electron chi connectivity index (χ3n) is 5.10. The topological polar surface area (TPSA) is 84.9 Å². The number of anilines is 1. The predicted octanol–water partition coefficient (Wildman–Crippen LogP) is 3.29. The number of para-hydroxylation sites is 1. The molecule has 0 unspecified atom stereocenters. The standard InChI is InChI=1S/C22H28N4O4S2/c1-5-26(15-14-25(2)32(27,28)19-12-10-18(29-3)11-13-19)22-23-21(24-31-22)16-17-8-6-7-9-20(17)30-4/h6-13H,5,14-16H2,1-4H3. The Kier molecular flexibility index (Phi) is 8.05. The molecule has 0 spiro atoms. The molecule has 0 aliphatic heterocycles. The average molecular weight is 477 g/mol. The van der Waals surface area contributed by atoms with Crippen LogP contribution in [-0.4, -0.2) is 63.0 Å². The van der Waals surface area contributed by atoms with Crippen molar-refractivity contribution in [3.05, 3.63) is 59.9 Å². The van der Waals surface area contributed by atoms with Gasteiger partial charge in [0, 0.05) is 50.2 Å². The number of hydrogen-bond donors (Lipinski definition) is 0. The van der Waals surface area contributed by atoms with Gasteiger partial charge in [-0.2, -0.15) is 8.68 Å². The molecule has 1 aromatic heterocycles. The fraction of sp³-hybridized carbons (Fsp3) is 0.364. The number of ether oxygens (including phenoxy) is 2. The number of nitrogens with zero attached hydrogens (tertiary/aromatic N) is 4. The highest BCUT2D eigenvalue weighted by Crippen LogP contribution is 2.24. The van der Waals surface area contributed by atoms with E-state index in [4.69, 9.17) is 9.47 Å². The van der Waals surface area contributed by atoms with Crippen LogP contribution < -0.4 is 14.4 Å². The molecule has 10 heteroatoms. The van der Waals surface area contributed by atoms with Gasteiger partial charge in [0.05, 0.1) is 19.1 Å². The van der Waals surface area contributed by atoms with E-state index in [1.807, 2.05) is 36.1 Å². The van der Waals surface area contributed by atoms with E-state index < -0.39 is 10.0 Å². The molecule has 3 aromatic rings. The molecule has 0 saturated heterocycles. The molecule has 0 bridgehead atoms. The van der Waals surface area contributed by atoms with E-state index in [0.29, 0.717) is 37.6 Å². The van der Waals surface area contributed by atoms with Gasteiger partial charge >= 0.3 is 0 Å². The first-order valence-corrected chi connectivity index (χ1v) is 12.4. The fourth-order valence-electron chi connectivity index (χ4n) is 3.16. The molecule has 0 radical (unpaired) electrons. The Morgan fingerprint density at radius 2 is 1.72 bits per heavy atom. The van der Waals surface area contributed by atoms with Crippen LogP contribution in [0.4, 0.5) is 5.13 Å². The molecule has 2 aromatic carbocycles. The van der Waals surface area contributed by atoms with Gasteiger partial charge in [0.15, 0.2) is 0 Å². The molecule has 0 atom stereocenters. The summed E-state index contributed by atoms with van der Waals surface area (Å²) in [7, 11) is 1.19. The second-order valence-corrected chi connectivity index (χ2v) is 9.84. The molecule has 0 fully saturated rings. The fourth-order valence-corrected chi connectivity index (χ4v) is 5.10. The molecule has 32 heavy (non-hydrogen) atoms. The van der Waals surface area contributed by atoms with Crippen LogP contribution in [0.3, 0.4) is 0 Å². The van der Waals surface area contributed by atoms with Crippen LogP contribution in [0.5, 0.6) is 11.5 Å². The van der Waals surface area contributed by atoms with Crippen molar-refractivity contribution in [3.63, 3.8) is 0 Å². The Hall–Kier alpha value is -2.69. The molecule has 0 N–H and O–H groups in total. The molecule has 8 nitrogen and oxygen atoms in total. The molecule has 1 heterocycles. The van der Waals surface area contributed by atoms with Crippen molar-refractivity contribution in [3.8, 4) is 11.5 Å². The highest BCUT2D eigenvalue weighted by molar-refractivity contribution is 7.89. The summed E-state index contributed by atoms with van der Waals surface area (Å²) in [5.74, 6) is 2.14. The second-order valence-electron chi connectivity index (χ2n) is 7.06. The van der Waals surface area contributed by atoms with Crippen molar-refractivity contribution in [2.24, 2.45) is 0 Å². The minimum absolute atomic E-state index is 0.235. The first kappa shape index (κ1) is 24.0. The Bertz CT molecular complexity index is 1120. The van der Waals surface area contributed by atoms with Crippen molar-refractivity contribution >= 4 is 26.7 Å². The first-order chi connectivity index (χ1) is 15.4. The van der Waals surface area contributed by atoms with Gasteiger partial charge in [-0.15, -0.1) is 0 Å². The van der Waals surface area contributed by atoms with E-state index in [1.54, 1.807) is 45.5 Å². The zero-order chi connectivity index (χ0) is 23.1. The number of methoxy groups -OCH3 is 2. The number of hydrogen-bond acceptors (Lipinski definition) is 8. The minimum atomic E-state index is -3.59. The summed E-state index contributed by atoms with van der Waals surface area (Å²) in [5.41, 5.74) is 1.02. The summed E-state index contributed by atoms with van der Waals surface area (Å²) >= 11 is 1.32. The van der Waals surface area contributed by atoms with Gasteiger partial charge in [-0.05, 0) is 37.3 Å². The van der Waals surface area contributed by atoms with Crippen molar-refractivity contribution in [2.75, 3.05) is 45.8 Å². The average Bonchev–Trinajstić information content (AvgIpc) is 3.28. The summed E-state index contributed by atoms with van der Waals surface area (Å²) in [6.45, 7) is 3.54. The number of rotatable bonds is 11. The lowest BCUT2D eigenvalue weighted by atomic mass is 10.1. The van der Waals surface area contributed by atoms with Crippen LogP contribution in [0, 0.1) is 0 Å². The largest absolute Gasteiger partial charge is 0.497 e. The van der Waals surface area contributed by atoms with Crippen molar-refractivity contribution in [1.29, 1.82) is 0 Å². The summed E-state index contributed by atoms with van der Waals surface area (Å²) in [6.07, 6.45) is 0.573. The first-order valence-electron chi connectivity index (χ1n) is 10.2. The third-order valence-corrected chi connectivity index (χ3v) is 7.79. The van der Waals surface area contributed by atoms with Crippen LogP contribution in [0.15, 0.2) is 53.4 Å². The van der Waals surface area contributed by atoms with Crippen LogP contribution in [0.25, 0.3) is 0 Å². The molecule has 172 valence electrons. The van der Waals surface area contributed by atoms with Crippen molar-refractivity contribution < 1.29 is 17.9 Å². The van der Waals surface area contributed by atoms with E-state index in [9.17, 15) is 8.42 Å². The van der Waals surface area contributed by atoms with Gasteiger partial charge in [0.2, 0.25) is 15.2 Å².